The van der Waals surface area contributed by atoms with Gasteiger partial charge in [-0.05, 0) is 18.6 Å². The van der Waals surface area contributed by atoms with Crippen LogP contribution >= 0.6 is 0 Å². The molecule has 0 saturated carbocycles. The SMILES string of the molecule is CCC(C#N)Oc1ccc2c(c1)OCC2N. The zero-order valence-corrected chi connectivity index (χ0v) is 9.14. The molecular weight excluding hydrogens is 204 g/mol. The lowest BCUT2D eigenvalue weighted by atomic mass is 10.1. The summed E-state index contributed by atoms with van der Waals surface area (Å²) in [6.45, 7) is 2.42. The van der Waals surface area contributed by atoms with Crippen LogP contribution in [0, 0.1) is 11.3 Å². The molecule has 2 rings (SSSR count). The van der Waals surface area contributed by atoms with Crippen molar-refractivity contribution in [3.05, 3.63) is 23.8 Å². The van der Waals surface area contributed by atoms with Crippen molar-refractivity contribution in [3.8, 4) is 17.6 Å². The summed E-state index contributed by atoms with van der Waals surface area (Å²) in [5, 5.41) is 8.80. The van der Waals surface area contributed by atoms with Gasteiger partial charge in [0, 0.05) is 11.6 Å². The van der Waals surface area contributed by atoms with Crippen LogP contribution in [0.3, 0.4) is 0 Å². The van der Waals surface area contributed by atoms with Crippen molar-refractivity contribution in [1.29, 1.82) is 5.26 Å². The van der Waals surface area contributed by atoms with Gasteiger partial charge in [0.1, 0.15) is 24.2 Å². The maximum atomic E-state index is 8.80. The molecule has 0 bridgehead atoms. The molecular formula is C12H14N2O2. The molecule has 0 aromatic heterocycles. The van der Waals surface area contributed by atoms with Gasteiger partial charge in [-0.15, -0.1) is 0 Å². The normalized spacial score (nSPS) is 19.4. The Kier molecular flexibility index (Phi) is 2.97. The third-order valence-electron chi connectivity index (χ3n) is 2.60. The number of benzene rings is 1. The van der Waals surface area contributed by atoms with Crippen LogP contribution in [0.1, 0.15) is 24.9 Å². The smallest absolute Gasteiger partial charge is 0.184 e. The summed E-state index contributed by atoms with van der Waals surface area (Å²) in [5.41, 5.74) is 6.83. The minimum absolute atomic E-state index is 0.0537. The highest BCUT2D eigenvalue weighted by Gasteiger charge is 2.21. The van der Waals surface area contributed by atoms with E-state index in [2.05, 4.69) is 6.07 Å². The lowest BCUT2D eigenvalue weighted by molar-refractivity contribution is 0.250. The summed E-state index contributed by atoms with van der Waals surface area (Å²) in [6, 6.07) is 7.55. The Labute approximate surface area is 94.6 Å². The number of nitrogens with two attached hydrogens (primary N) is 1. The highest BCUT2D eigenvalue weighted by atomic mass is 16.5. The zero-order valence-electron chi connectivity index (χ0n) is 9.14. The van der Waals surface area contributed by atoms with E-state index in [1.165, 1.54) is 0 Å². The molecule has 0 spiro atoms. The van der Waals surface area contributed by atoms with Crippen LogP contribution in [0.5, 0.6) is 11.5 Å². The fourth-order valence-corrected chi connectivity index (χ4v) is 1.65. The Morgan fingerprint density at radius 3 is 3.19 bits per heavy atom. The van der Waals surface area contributed by atoms with Crippen molar-refractivity contribution < 1.29 is 9.47 Å². The molecule has 0 fully saturated rings. The van der Waals surface area contributed by atoms with E-state index in [1.54, 1.807) is 6.07 Å². The molecule has 1 aliphatic rings. The van der Waals surface area contributed by atoms with Gasteiger partial charge in [0.25, 0.3) is 0 Å². The minimum atomic E-state index is -0.409. The fraction of sp³-hybridized carbons (Fsp3) is 0.417. The molecule has 1 aliphatic heterocycles. The third-order valence-corrected chi connectivity index (χ3v) is 2.60. The van der Waals surface area contributed by atoms with Gasteiger partial charge in [-0.25, -0.2) is 0 Å². The highest BCUT2D eigenvalue weighted by molar-refractivity contribution is 5.44. The van der Waals surface area contributed by atoms with E-state index >= 15 is 0 Å². The second-order valence-corrected chi connectivity index (χ2v) is 3.76. The number of nitriles is 1. The minimum Gasteiger partial charge on any atom is -0.491 e. The lowest BCUT2D eigenvalue weighted by Gasteiger charge is -2.11. The van der Waals surface area contributed by atoms with E-state index < -0.39 is 6.10 Å². The van der Waals surface area contributed by atoms with Crippen LogP contribution < -0.4 is 15.2 Å². The quantitative estimate of drug-likeness (QED) is 0.839. The first-order valence-corrected chi connectivity index (χ1v) is 5.33. The predicted octanol–water partition coefficient (Wildman–Crippen LogP) is 1.76. The van der Waals surface area contributed by atoms with Gasteiger partial charge in [0.2, 0.25) is 0 Å². The fourth-order valence-electron chi connectivity index (χ4n) is 1.65. The average molecular weight is 218 g/mol. The van der Waals surface area contributed by atoms with Gasteiger partial charge < -0.3 is 15.2 Å². The number of hydrogen-bond acceptors (Lipinski definition) is 4. The van der Waals surface area contributed by atoms with E-state index in [-0.39, 0.29) is 6.04 Å². The topological polar surface area (TPSA) is 68.3 Å². The predicted molar refractivity (Wildman–Crippen MR) is 59.2 cm³/mol. The van der Waals surface area contributed by atoms with Gasteiger partial charge in [0.05, 0.1) is 6.04 Å². The zero-order chi connectivity index (χ0) is 11.5. The molecule has 0 amide bonds. The molecule has 1 aromatic carbocycles. The molecule has 0 aliphatic carbocycles. The summed E-state index contributed by atoms with van der Waals surface area (Å²) >= 11 is 0. The molecule has 4 heteroatoms. The second kappa shape index (κ2) is 4.42. The first-order valence-electron chi connectivity index (χ1n) is 5.33. The van der Waals surface area contributed by atoms with Gasteiger partial charge in [0.15, 0.2) is 6.10 Å². The average Bonchev–Trinajstić information content (AvgIpc) is 2.68. The monoisotopic (exact) mass is 218 g/mol. The molecule has 0 radical (unpaired) electrons. The number of nitrogens with zero attached hydrogens (tertiary/aromatic N) is 1. The molecule has 1 aromatic rings. The first kappa shape index (κ1) is 10.8. The molecule has 0 saturated heterocycles. The van der Waals surface area contributed by atoms with Crippen LogP contribution in [-0.2, 0) is 0 Å². The molecule has 2 atom stereocenters. The Morgan fingerprint density at radius 1 is 1.69 bits per heavy atom. The number of hydrogen-bond donors (Lipinski definition) is 1. The molecule has 2 unspecified atom stereocenters. The van der Waals surface area contributed by atoms with Gasteiger partial charge >= 0.3 is 0 Å². The van der Waals surface area contributed by atoms with E-state index in [0.29, 0.717) is 18.8 Å². The van der Waals surface area contributed by atoms with Gasteiger partial charge in [-0.1, -0.05) is 6.92 Å². The number of ether oxygens (including phenoxy) is 2. The number of fused-ring (bicyclic) bond motifs is 1. The maximum Gasteiger partial charge on any atom is 0.184 e. The summed E-state index contributed by atoms with van der Waals surface area (Å²) in [5.74, 6) is 1.42. The Bertz CT molecular complexity index is 426. The van der Waals surface area contributed by atoms with Gasteiger partial charge in [-0.2, -0.15) is 5.26 Å². The Balaban J connectivity index is 2.17. The summed E-state index contributed by atoms with van der Waals surface area (Å²) in [6.07, 6.45) is 0.252. The molecule has 1 heterocycles. The summed E-state index contributed by atoms with van der Waals surface area (Å²) in [4.78, 5) is 0. The summed E-state index contributed by atoms with van der Waals surface area (Å²) in [7, 11) is 0. The first-order chi connectivity index (χ1) is 7.74. The molecule has 4 nitrogen and oxygen atoms in total. The highest BCUT2D eigenvalue weighted by Crippen LogP contribution is 2.34. The van der Waals surface area contributed by atoms with E-state index in [0.717, 1.165) is 11.3 Å². The van der Waals surface area contributed by atoms with Crippen LogP contribution in [0.15, 0.2) is 18.2 Å². The molecule has 84 valence electrons. The molecule has 16 heavy (non-hydrogen) atoms. The largest absolute Gasteiger partial charge is 0.491 e. The van der Waals surface area contributed by atoms with Crippen molar-refractivity contribution in [2.75, 3.05) is 6.61 Å². The van der Waals surface area contributed by atoms with Gasteiger partial charge in [-0.3, -0.25) is 0 Å². The van der Waals surface area contributed by atoms with Crippen molar-refractivity contribution in [2.45, 2.75) is 25.5 Å². The van der Waals surface area contributed by atoms with Crippen LogP contribution in [0.2, 0.25) is 0 Å². The van der Waals surface area contributed by atoms with Crippen molar-refractivity contribution in [3.63, 3.8) is 0 Å². The standard InChI is InChI=1S/C12H14N2O2/c1-2-8(6-13)16-9-3-4-10-11(14)7-15-12(10)5-9/h3-5,8,11H,2,7,14H2,1H3. The Hall–Kier alpha value is -1.73. The van der Waals surface area contributed by atoms with Crippen LogP contribution in [0.4, 0.5) is 0 Å². The van der Waals surface area contributed by atoms with Crippen LogP contribution in [-0.4, -0.2) is 12.7 Å². The lowest BCUT2D eigenvalue weighted by Crippen LogP contribution is -2.12. The third kappa shape index (κ3) is 1.95. The Morgan fingerprint density at radius 2 is 2.50 bits per heavy atom. The maximum absolute atomic E-state index is 8.80. The van der Waals surface area contributed by atoms with E-state index in [1.807, 2.05) is 19.1 Å². The van der Waals surface area contributed by atoms with E-state index in [4.69, 9.17) is 20.5 Å². The van der Waals surface area contributed by atoms with Crippen molar-refractivity contribution in [2.24, 2.45) is 5.73 Å². The van der Waals surface area contributed by atoms with Crippen molar-refractivity contribution >= 4 is 0 Å². The van der Waals surface area contributed by atoms with Crippen LogP contribution in [0.25, 0.3) is 0 Å². The van der Waals surface area contributed by atoms with E-state index in [9.17, 15) is 0 Å². The number of rotatable bonds is 3. The summed E-state index contributed by atoms with van der Waals surface area (Å²) < 4.78 is 10.9. The van der Waals surface area contributed by atoms with Crippen molar-refractivity contribution in [1.82, 2.24) is 0 Å². The second-order valence-electron chi connectivity index (χ2n) is 3.76. The molecule has 2 N–H and O–H groups in total.